The second kappa shape index (κ2) is 5.52. The highest BCUT2D eigenvalue weighted by Crippen LogP contribution is 2.10. The van der Waals surface area contributed by atoms with Crippen LogP contribution in [0.5, 0.6) is 0 Å². The van der Waals surface area contributed by atoms with Gasteiger partial charge in [0, 0.05) is 7.11 Å². The zero-order chi connectivity index (χ0) is 8.85. The molecule has 0 amide bonds. The molecule has 0 aromatic heterocycles. The van der Waals surface area contributed by atoms with Crippen LogP contribution in [0.25, 0.3) is 0 Å². The number of aliphatic hydroxyl groups excluding tert-OH is 2. The van der Waals surface area contributed by atoms with Gasteiger partial charge in [-0.05, 0) is 19.3 Å². The van der Waals surface area contributed by atoms with E-state index >= 15 is 0 Å². The van der Waals surface area contributed by atoms with Crippen molar-refractivity contribution in [1.29, 1.82) is 0 Å². The smallest absolute Gasteiger partial charge is 0.0777 e. The van der Waals surface area contributed by atoms with Gasteiger partial charge in [-0.25, -0.2) is 0 Å². The summed E-state index contributed by atoms with van der Waals surface area (Å²) in [6.45, 7) is 3.98. The van der Waals surface area contributed by atoms with E-state index in [0.29, 0.717) is 13.0 Å². The lowest BCUT2D eigenvalue weighted by atomic mass is 9.99. The van der Waals surface area contributed by atoms with Gasteiger partial charge in [0.05, 0.1) is 18.8 Å². The van der Waals surface area contributed by atoms with E-state index in [-0.39, 0.29) is 12.0 Å². The Hall–Kier alpha value is -0.120. The summed E-state index contributed by atoms with van der Waals surface area (Å²) in [7, 11) is 1.55. The molecule has 0 aliphatic heterocycles. The number of methoxy groups -OCH3 is 1. The van der Waals surface area contributed by atoms with Crippen LogP contribution in [0.4, 0.5) is 0 Å². The number of rotatable bonds is 5. The first-order valence-corrected chi connectivity index (χ1v) is 3.93. The van der Waals surface area contributed by atoms with Gasteiger partial charge in [0.25, 0.3) is 0 Å². The minimum absolute atomic E-state index is 0.125. The van der Waals surface area contributed by atoms with Gasteiger partial charge in [0.1, 0.15) is 0 Å². The van der Waals surface area contributed by atoms with E-state index in [1.807, 2.05) is 6.92 Å². The Morgan fingerprint density at radius 1 is 1.27 bits per heavy atom. The molecule has 11 heavy (non-hydrogen) atoms. The fraction of sp³-hybridized carbons (Fsp3) is 1.00. The predicted molar refractivity (Wildman–Crippen MR) is 43.3 cm³/mol. The van der Waals surface area contributed by atoms with Gasteiger partial charge in [-0.1, -0.05) is 6.92 Å². The zero-order valence-corrected chi connectivity index (χ0v) is 7.45. The molecule has 0 saturated heterocycles. The third-order valence-electron chi connectivity index (χ3n) is 1.83. The minimum Gasteiger partial charge on any atom is -0.393 e. The molecule has 0 radical (unpaired) electrons. The molecule has 3 atom stereocenters. The zero-order valence-electron chi connectivity index (χ0n) is 7.45. The molecular formula is C8H18O3. The fourth-order valence-corrected chi connectivity index (χ4v) is 0.887. The third kappa shape index (κ3) is 5.18. The van der Waals surface area contributed by atoms with Crippen molar-refractivity contribution in [2.24, 2.45) is 5.92 Å². The van der Waals surface area contributed by atoms with Gasteiger partial charge in [-0.2, -0.15) is 0 Å². The van der Waals surface area contributed by atoms with Crippen LogP contribution in [0, 0.1) is 5.92 Å². The maximum Gasteiger partial charge on any atom is 0.0777 e. The molecule has 0 aromatic carbocycles. The topological polar surface area (TPSA) is 49.7 Å². The maximum absolute atomic E-state index is 9.23. The van der Waals surface area contributed by atoms with Crippen molar-refractivity contribution in [2.45, 2.75) is 32.5 Å². The summed E-state index contributed by atoms with van der Waals surface area (Å²) in [4.78, 5) is 0. The minimum atomic E-state index is -0.454. The van der Waals surface area contributed by atoms with E-state index in [2.05, 4.69) is 0 Å². The highest BCUT2D eigenvalue weighted by Gasteiger charge is 2.13. The van der Waals surface area contributed by atoms with Crippen LogP contribution in [0.3, 0.4) is 0 Å². The predicted octanol–water partition coefficient (Wildman–Crippen LogP) is 0.401. The van der Waals surface area contributed by atoms with Crippen LogP contribution in [0.2, 0.25) is 0 Å². The van der Waals surface area contributed by atoms with Crippen LogP contribution in [-0.2, 0) is 4.74 Å². The van der Waals surface area contributed by atoms with Crippen molar-refractivity contribution in [3.05, 3.63) is 0 Å². The highest BCUT2D eigenvalue weighted by atomic mass is 16.5. The van der Waals surface area contributed by atoms with Gasteiger partial charge in [-0.3, -0.25) is 0 Å². The van der Waals surface area contributed by atoms with Crippen LogP contribution < -0.4 is 0 Å². The summed E-state index contributed by atoms with van der Waals surface area (Å²) < 4.78 is 4.75. The number of ether oxygens (including phenoxy) is 1. The monoisotopic (exact) mass is 162 g/mol. The summed E-state index contributed by atoms with van der Waals surface area (Å²) in [5, 5.41) is 18.3. The van der Waals surface area contributed by atoms with Crippen LogP contribution in [0.15, 0.2) is 0 Å². The van der Waals surface area contributed by atoms with Crippen molar-refractivity contribution >= 4 is 0 Å². The Bertz CT molecular complexity index is 93.3. The molecule has 0 aliphatic rings. The van der Waals surface area contributed by atoms with Gasteiger partial charge in [0.15, 0.2) is 0 Å². The van der Waals surface area contributed by atoms with E-state index in [1.54, 1.807) is 14.0 Å². The summed E-state index contributed by atoms with van der Waals surface area (Å²) >= 11 is 0. The summed E-state index contributed by atoms with van der Waals surface area (Å²) in [6, 6.07) is 0. The molecule has 0 heterocycles. The van der Waals surface area contributed by atoms with Crippen molar-refractivity contribution < 1.29 is 14.9 Å². The maximum atomic E-state index is 9.23. The van der Waals surface area contributed by atoms with E-state index in [4.69, 9.17) is 9.84 Å². The summed E-state index contributed by atoms with van der Waals surface area (Å²) in [6.07, 6.45) is -0.225. The second-order valence-electron chi connectivity index (χ2n) is 3.06. The normalized spacial score (nSPS) is 19.4. The average Bonchev–Trinajstić information content (AvgIpc) is 1.87. The van der Waals surface area contributed by atoms with E-state index < -0.39 is 6.10 Å². The van der Waals surface area contributed by atoms with Crippen molar-refractivity contribution in [1.82, 2.24) is 0 Å². The molecule has 0 fully saturated rings. The Labute approximate surface area is 68.0 Å². The van der Waals surface area contributed by atoms with Crippen LogP contribution in [0.1, 0.15) is 20.3 Å². The van der Waals surface area contributed by atoms with Crippen molar-refractivity contribution in [2.75, 3.05) is 13.7 Å². The van der Waals surface area contributed by atoms with Gasteiger partial charge >= 0.3 is 0 Å². The average molecular weight is 162 g/mol. The molecule has 2 N–H and O–H groups in total. The molecule has 0 aliphatic carbocycles. The van der Waals surface area contributed by atoms with Crippen LogP contribution >= 0.6 is 0 Å². The Morgan fingerprint density at radius 2 is 1.82 bits per heavy atom. The van der Waals surface area contributed by atoms with E-state index in [9.17, 15) is 5.11 Å². The van der Waals surface area contributed by atoms with Crippen molar-refractivity contribution in [3.63, 3.8) is 0 Å². The first-order chi connectivity index (χ1) is 5.07. The summed E-state index contributed by atoms with van der Waals surface area (Å²) in [5.41, 5.74) is 0. The lowest BCUT2D eigenvalue weighted by molar-refractivity contribution is 0.0291. The standard InChI is InChI=1S/C8H18O3/c1-6(7(2)9)4-8(10)5-11-3/h6-10H,4-5H2,1-3H3. The molecule has 0 saturated carbocycles. The molecule has 0 aromatic rings. The Balaban J connectivity index is 3.48. The Morgan fingerprint density at radius 3 is 2.18 bits per heavy atom. The number of hydrogen-bond donors (Lipinski definition) is 2. The Kier molecular flexibility index (Phi) is 5.46. The van der Waals surface area contributed by atoms with Crippen molar-refractivity contribution in [3.8, 4) is 0 Å². The lowest BCUT2D eigenvalue weighted by Crippen LogP contribution is -2.23. The molecular weight excluding hydrogens is 144 g/mol. The van der Waals surface area contributed by atoms with Gasteiger partial charge < -0.3 is 14.9 Å². The fourth-order valence-electron chi connectivity index (χ4n) is 0.887. The molecule has 3 heteroatoms. The molecule has 68 valence electrons. The third-order valence-corrected chi connectivity index (χ3v) is 1.83. The largest absolute Gasteiger partial charge is 0.393 e. The molecule has 3 nitrogen and oxygen atoms in total. The molecule has 0 rings (SSSR count). The van der Waals surface area contributed by atoms with E-state index in [0.717, 1.165) is 0 Å². The number of aliphatic hydroxyl groups is 2. The van der Waals surface area contributed by atoms with E-state index in [1.165, 1.54) is 0 Å². The summed E-state index contributed by atoms with van der Waals surface area (Å²) in [5.74, 6) is 0.125. The van der Waals surface area contributed by atoms with Crippen LogP contribution in [-0.4, -0.2) is 36.1 Å². The first kappa shape index (κ1) is 10.9. The quantitative estimate of drug-likeness (QED) is 0.615. The van der Waals surface area contributed by atoms with Gasteiger partial charge in [-0.15, -0.1) is 0 Å². The SMILES string of the molecule is COCC(O)CC(C)C(C)O. The lowest BCUT2D eigenvalue weighted by Gasteiger charge is -2.17. The second-order valence-corrected chi connectivity index (χ2v) is 3.06. The first-order valence-electron chi connectivity index (χ1n) is 3.93. The highest BCUT2D eigenvalue weighted by molar-refractivity contribution is 4.64. The molecule has 0 bridgehead atoms. The van der Waals surface area contributed by atoms with Gasteiger partial charge in [0.2, 0.25) is 0 Å². The number of hydrogen-bond acceptors (Lipinski definition) is 3. The molecule has 3 unspecified atom stereocenters. The molecule has 0 spiro atoms.